The molecule has 0 aromatic carbocycles. The van der Waals surface area contributed by atoms with Crippen molar-refractivity contribution in [3.8, 4) is 0 Å². The first-order valence-corrected chi connectivity index (χ1v) is 27.4. The summed E-state index contributed by atoms with van der Waals surface area (Å²) in [6, 6.07) is 1.24. The van der Waals surface area contributed by atoms with E-state index in [1.807, 2.05) is 9.36 Å². The van der Waals surface area contributed by atoms with Crippen LogP contribution in [0.3, 0.4) is 0 Å². The Bertz CT molecular complexity index is 1880. The molecular weight excluding hydrogens is 883 g/mol. The lowest BCUT2D eigenvalue weighted by molar-refractivity contribution is 0.360. The summed E-state index contributed by atoms with van der Waals surface area (Å²) in [4.78, 5) is 0. The zero-order valence-electron chi connectivity index (χ0n) is 51.3. The Labute approximate surface area is 434 Å². The van der Waals surface area contributed by atoms with E-state index in [1.54, 1.807) is 0 Å². The zero-order chi connectivity index (χ0) is 55.3. The standard InChI is InChI=1S/C13H23NO.C12H21NO.3C11H21N3/c1-8(2)11-10(13(5,6)7)12(9(3)4)15-14-11;1-7(2)10-11(8(3)4)13-14-12(10)9(5)6;1-7(2)10-12-13-11(8(3)4)14(10)9(5)6;2*1-7(2)10-11(8(3)4)14(9(5)6)13-12-10/h8-9H,1-7H3;4*7-9H,1-6H3. The Kier molecular flexibility index (Phi) is 25.9. The Hall–Kier alpha value is -4.16. The lowest BCUT2D eigenvalue weighted by Gasteiger charge is -2.21. The van der Waals surface area contributed by atoms with Crippen LogP contribution in [0.5, 0.6) is 0 Å². The second-order valence-corrected chi connectivity index (χ2v) is 24.8. The average molecular weight is 991 g/mol. The summed E-state index contributed by atoms with van der Waals surface area (Å²) in [5.41, 5.74) is 9.84. The Morgan fingerprint density at radius 1 is 0.338 bits per heavy atom. The fourth-order valence-electron chi connectivity index (χ4n) is 8.56. The minimum absolute atomic E-state index is 0.110. The molecule has 0 unspecified atom stereocenters. The molecule has 0 fully saturated rings. The molecule has 0 amide bonds. The number of nitrogens with zero attached hydrogens (tertiary/aromatic N) is 11. The van der Waals surface area contributed by atoms with Gasteiger partial charge in [0.05, 0.1) is 34.2 Å². The molecule has 5 aromatic heterocycles. The molecule has 0 aliphatic rings. The van der Waals surface area contributed by atoms with Gasteiger partial charge in [-0.3, -0.25) is 0 Å². The minimum Gasteiger partial charge on any atom is -0.361 e. The van der Waals surface area contributed by atoms with Gasteiger partial charge in [0.15, 0.2) is 0 Å². The number of hydrogen-bond acceptors (Lipinski definition) is 10. The van der Waals surface area contributed by atoms with Crippen LogP contribution in [-0.4, -0.2) is 55.1 Å². The molecule has 0 aliphatic heterocycles. The normalized spacial score (nSPS) is 12.2. The summed E-state index contributed by atoms with van der Waals surface area (Å²) in [6.07, 6.45) is 0. The molecule has 0 aliphatic carbocycles. The molecule has 13 heteroatoms. The molecule has 0 saturated heterocycles. The van der Waals surface area contributed by atoms with E-state index in [9.17, 15) is 0 Å². The molecule has 0 spiro atoms. The van der Waals surface area contributed by atoms with E-state index in [0.717, 1.165) is 45.9 Å². The van der Waals surface area contributed by atoms with Crippen molar-refractivity contribution >= 4 is 0 Å². The van der Waals surface area contributed by atoms with Crippen LogP contribution in [0, 0.1) is 0 Å². The molecule has 71 heavy (non-hydrogen) atoms. The summed E-state index contributed by atoms with van der Waals surface area (Å²) >= 11 is 0. The zero-order valence-corrected chi connectivity index (χ0v) is 51.3. The van der Waals surface area contributed by atoms with Crippen molar-refractivity contribution in [3.63, 3.8) is 0 Å². The topological polar surface area (TPSA) is 144 Å². The second kappa shape index (κ2) is 28.3. The van der Waals surface area contributed by atoms with Gasteiger partial charge in [-0.1, -0.05) is 194 Å². The third-order valence-electron chi connectivity index (χ3n) is 12.0. The summed E-state index contributed by atoms with van der Waals surface area (Å²) in [7, 11) is 0. The van der Waals surface area contributed by atoms with Crippen molar-refractivity contribution in [1.82, 2.24) is 55.1 Å². The first-order chi connectivity index (χ1) is 32.5. The highest BCUT2D eigenvalue weighted by molar-refractivity contribution is 5.34. The van der Waals surface area contributed by atoms with Crippen LogP contribution in [0.2, 0.25) is 0 Å². The molecule has 0 N–H and O–H groups in total. The molecule has 5 heterocycles. The van der Waals surface area contributed by atoms with E-state index in [0.29, 0.717) is 83.2 Å². The van der Waals surface area contributed by atoms with Gasteiger partial charge in [0, 0.05) is 52.9 Å². The lowest BCUT2D eigenvalue weighted by atomic mass is 9.81. The molecule has 0 bridgehead atoms. The predicted molar refractivity (Wildman–Crippen MR) is 298 cm³/mol. The Morgan fingerprint density at radius 2 is 0.676 bits per heavy atom. The van der Waals surface area contributed by atoms with Gasteiger partial charge in [-0.25, -0.2) is 9.36 Å². The van der Waals surface area contributed by atoms with E-state index in [1.165, 1.54) is 22.5 Å². The van der Waals surface area contributed by atoms with Crippen molar-refractivity contribution in [2.24, 2.45) is 0 Å². The van der Waals surface area contributed by atoms with E-state index in [-0.39, 0.29) is 5.41 Å². The van der Waals surface area contributed by atoms with Crippen molar-refractivity contribution in [2.75, 3.05) is 0 Å². The Morgan fingerprint density at radius 3 is 0.930 bits per heavy atom. The van der Waals surface area contributed by atoms with Gasteiger partial charge in [-0.05, 0) is 88.4 Å². The monoisotopic (exact) mass is 990 g/mol. The van der Waals surface area contributed by atoms with Crippen molar-refractivity contribution in [3.05, 3.63) is 68.5 Å². The van der Waals surface area contributed by atoms with E-state index >= 15 is 0 Å². The maximum atomic E-state index is 5.50. The summed E-state index contributed by atoms with van der Waals surface area (Å²) < 4.78 is 17.3. The van der Waals surface area contributed by atoms with Crippen LogP contribution >= 0.6 is 0 Å². The largest absolute Gasteiger partial charge is 0.361 e. The third-order valence-corrected chi connectivity index (χ3v) is 12.0. The fourth-order valence-corrected chi connectivity index (χ4v) is 8.56. The summed E-state index contributed by atoms with van der Waals surface area (Å²) in [5.74, 6) is 9.29. The number of hydrogen-bond donors (Lipinski definition) is 0. The van der Waals surface area contributed by atoms with Crippen molar-refractivity contribution in [1.29, 1.82) is 0 Å². The molecule has 406 valence electrons. The highest BCUT2D eigenvalue weighted by Gasteiger charge is 2.30. The van der Waals surface area contributed by atoms with E-state index in [4.69, 9.17) is 9.05 Å². The molecule has 5 rings (SSSR count). The maximum absolute atomic E-state index is 5.50. The van der Waals surface area contributed by atoms with Crippen LogP contribution in [0.25, 0.3) is 0 Å². The van der Waals surface area contributed by atoms with Crippen LogP contribution in [-0.2, 0) is 5.41 Å². The first kappa shape index (κ1) is 64.9. The molecule has 0 atom stereocenters. The molecule has 0 radical (unpaired) electrons. The SMILES string of the molecule is CC(C)c1nnc(C(C)C)n1C(C)C.CC(C)c1nnn(C(C)C)c1C(C)C.CC(C)c1nnn(C(C)C)c1C(C)C.CC(C)c1noc(C(C)C)c1C(C)(C)C.CC(C)c1noc(C(C)C)c1C(C)C. The van der Waals surface area contributed by atoms with E-state index < -0.39 is 0 Å². The fraction of sp³-hybridized carbons (Fsp3) is 0.793. The van der Waals surface area contributed by atoms with Crippen molar-refractivity contribution in [2.45, 2.75) is 303 Å². The third kappa shape index (κ3) is 17.8. The summed E-state index contributed by atoms with van der Waals surface area (Å²) in [6.45, 7) is 67.3. The van der Waals surface area contributed by atoms with Crippen molar-refractivity contribution < 1.29 is 9.05 Å². The van der Waals surface area contributed by atoms with Crippen LogP contribution in [0.1, 0.15) is 366 Å². The van der Waals surface area contributed by atoms with Crippen LogP contribution < -0.4 is 0 Å². The maximum Gasteiger partial charge on any atom is 0.143 e. The van der Waals surface area contributed by atoms with Gasteiger partial charge in [-0.15, -0.1) is 20.4 Å². The van der Waals surface area contributed by atoms with E-state index in [2.05, 4.69) is 260 Å². The van der Waals surface area contributed by atoms with Gasteiger partial charge in [0.1, 0.15) is 23.2 Å². The van der Waals surface area contributed by atoms with Crippen LogP contribution in [0.15, 0.2) is 9.05 Å². The average Bonchev–Trinajstić information content (AvgIpc) is 4.08. The Balaban J connectivity index is 0.000000444. The predicted octanol–water partition coefficient (Wildman–Crippen LogP) is 17.6. The molecule has 0 saturated carbocycles. The molecule has 13 nitrogen and oxygen atoms in total. The second-order valence-electron chi connectivity index (χ2n) is 24.8. The highest BCUT2D eigenvalue weighted by atomic mass is 16.5. The van der Waals surface area contributed by atoms with Gasteiger partial charge in [0.2, 0.25) is 0 Å². The van der Waals surface area contributed by atoms with Gasteiger partial charge < -0.3 is 13.6 Å². The summed E-state index contributed by atoms with van der Waals surface area (Å²) in [5, 5.41) is 33.9. The first-order valence-electron chi connectivity index (χ1n) is 27.4. The van der Waals surface area contributed by atoms with Gasteiger partial charge >= 0.3 is 0 Å². The van der Waals surface area contributed by atoms with Gasteiger partial charge in [0.25, 0.3) is 0 Å². The quantitative estimate of drug-likeness (QED) is 0.105. The van der Waals surface area contributed by atoms with Crippen LogP contribution in [0.4, 0.5) is 0 Å². The smallest absolute Gasteiger partial charge is 0.143 e. The minimum atomic E-state index is 0.110. The lowest BCUT2D eigenvalue weighted by Crippen LogP contribution is -2.16. The highest BCUT2D eigenvalue weighted by Crippen LogP contribution is 2.37. The number of rotatable bonds is 14. The molecule has 5 aromatic rings. The number of aromatic nitrogens is 11. The van der Waals surface area contributed by atoms with Gasteiger partial charge in [-0.2, -0.15) is 0 Å². The molecular formula is C58H107N11O2.